The van der Waals surface area contributed by atoms with Crippen LogP contribution >= 0.6 is 23.2 Å². The van der Waals surface area contributed by atoms with Crippen LogP contribution in [0.1, 0.15) is 17.9 Å². The number of nitrogens with one attached hydrogen (secondary N) is 2. The number of aromatic nitrogens is 4. The largest absolute Gasteiger partial charge is 0.292 e. The maximum atomic E-state index is 11.9. The Morgan fingerprint density at radius 1 is 1.42 bits per heavy atom. The minimum absolute atomic E-state index is 0.0955. The maximum absolute atomic E-state index is 11.9. The SMILES string of the molecule is O=C(Nc1nn[nH]n1)[C@@H]1C[C@@H]1c1cccc(Cl)c1Cl. The number of benzene rings is 1. The van der Waals surface area contributed by atoms with E-state index in [0.717, 1.165) is 12.0 Å². The summed E-state index contributed by atoms with van der Waals surface area (Å²) in [4.78, 5) is 11.9. The lowest BCUT2D eigenvalue weighted by atomic mass is 10.1. The first-order valence-electron chi connectivity index (χ1n) is 5.65. The normalized spacial score (nSPS) is 21.2. The van der Waals surface area contributed by atoms with E-state index >= 15 is 0 Å². The molecule has 98 valence electrons. The number of carbonyl (C=O) groups excluding carboxylic acids is 1. The van der Waals surface area contributed by atoms with E-state index in [0.29, 0.717) is 10.0 Å². The van der Waals surface area contributed by atoms with Crippen molar-refractivity contribution in [1.29, 1.82) is 0 Å². The van der Waals surface area contributed by atoms with Gasteiger partial charge in [-0.25, -0.2) is 0 Å². The topological polar surface area (TPSA) is 83.6 Å². The highest BCUT2D eigenvalue weighted by Gasteiger charge is 2.45. The van der Waals surface area contributed by atoms with Gasteiger partial charge in [0.1, 0.15) is 0 Å². The Balaban J connectivity index is 1.70. The van der Waals surface area contributed by atoms with Crippen LogP contribution in [0.3, 0.4) is 0 Å². The fourth-order valence-corrected chi connectivity index (χ4v) is 2.50. The molecule has 1 fully saturated rings. The average molecular weight is 298 g/mol. The van der Waals surface area contributed by atoms with Crippen molar-refractivity contribution >= 4 is 35.1 Å². The van der Waals surface area contributed by atoms with Crippen molar-refractivity contribution in [3.8, 4) is 0 Å². The van der Waals surface area contributed by atoms with E-state index in [-0.39, 0.29) is 23.7 Å². The molecule has 6 nitrogen and oxygen atoms in total. The minimum atomic E-state index is -0.137. The minimum Gasteiger partial charge on any atom is -0.292 e. The third-order valence-corrected chi connectivity index (χ3v) is 3.92. The molecule has 2 aromatic rings. The Morgan fingerprint density at radius 2 is 2.26 bits per heavy atom. The third kappa shape index (κ3) is 2.41. The zero-order valence-corrected chi connectivity index (χ0v) is 11.1. The van der Waals surface area contributed by atoms with E-state index < -0.39 is 0 Å². The molecule has 1 saturated carbocycles. The van der Waals surface area contributed by atoms with Gasteiger partial charge in [-0.3, -0.25) is 10.1 Å². The molecule has 8 heteroatoms. The molecule has 0 spiro atoms. The van der Waals surface area contributed by atoms with Gasteiger partial charge in [0.15, 0.2) is 0 Å². The van der Waals surface area contributed by atoms with Gasteiger partial charge in [0.05, 0.1) is 10.0 Å². The second-order valence-corrected chi connectivity index (χ2v) is 5.10. The van der Waals surface area contributed by atoms with Gasteiger partial charge in [-0.2, -0.15) is 5.21 Å². The molecule has 0 aliphatic heterocycles. The predicted octanol–water partition coefficient (Wildman–Crippen LogP) is 2.25. The second-order valence-electron chi connectivity index (χ2n) is 4.32. The molecule has 1 aromatic heterocycles. The van der Waals surface area contributed by atoms with Crippen molar-refractivity contribution in [3.05, 3.63) is 33.8 Å². The van der Waals surface area contributed by atoms with E-state index in [1.807, 2.05) is 12.1 Å². The van der Waals surface area contributed by atoms with Crippen molar-refractivity contribution in [1.82, 2.24) is 20.6 Å². The highest BCUT2D eigenvalue weighted by atomic mass is 35.5. The third-order valence-electron chi connectivity index (χ3n) is 3.09. The number of hydrogen-bond acceptors (Lipinski definition) is 4. The van der Waals surface area contributed by atoms with Gasteiger partial charge in [-0.05, 0) is 29.2 Å². The first-order chi connectivity index (χ1) is 9.16. The molecular weight excluding hydrogens is 289 g/mol. The lowest BCUT2D eigenvalue weighted by Crippen LogP contribution is -2.15. The summed E-state index contributed by atoms with van der Waals surface area (Å²) < 4.78 is 0. The molecule has 0 radical (unpaired) electrons. The lowest BCUT2D eigenvalue weighted by Gasteiger charge is -2.04. The summed E-state index contributed by atoms with van der Waals surface area (Å²) in [6, 6.07) is 5.45. The molecule has 0 unspecified atom stereocenters. The average Bonchev–Trinajstić information content (AvgIpc) is 3.03. The van der Waals surface area contributed by atoms with Crippen molar-refractivity contribution in [2.24, 2.45) is 5.92 Å². The van der Waals surface area contributed by atoms with Crippen LogP contribution in [0.4, 0.5) is 5.95 Å². The fourth-order valence-electron chi connectivity index (χ4n) is 2.05. The number of amides is 1. The van der Waals surface area contributed by atoms with Gasteiger partial charge in [0.25, 0.3) is 5.95 Å². The first-order valence-corrected chi connectivity index (χ1v) is 6.40. The summed E-state index contributed by atoms with van der Waals surface area (Å²) in [6.45, 7) is 0. The molecule has 1 aromatic carbocycles. The summed E-state index contributed by atoms with van der Waals surface area (Å²) >= 11 is 12.1. The van der Waals surface area contributed by atoms with Crippen molar-refractivity contribution in [2.75, 3.05) is 5.32 Å². The van der Waals surface area contributed by atoms with Crippen LogP contribution in [-0.4, -0.2) is 26.5 Å². The van der Waals surface area contributed by atoms with E-state index in [1.165, 1.54) is 0 Å². The Labute approximate surface area is 118 Å². The van der Waals surface area contributed by atoms with Crippen LogP contribution in [0.25, 0.3) is 0 Å². The number of aromatic amines is 1. The Morgan fingerprint density at radius 3 is 3.00 bits per heavy atom. The maximum Gasteiger partial charge on any atom is 0.269 e. The van der Waals surface area contributed by atoms with Gasteiger partial charge in [-0.15, -0.1) is 5.10 Å². The number of hydrogen-bond donors (Lipinski definition) is 2. The fraction of sp³-hybridized carbons (Fsp3) is 0.273. The standard InChI is InChI=1S/C11H9Cl2N5O/c12-8-3-1-2-5(9(8)13)6-4-7(6)10(19)14-11-15-17-18-16-11/h1-3,6-7H,4H2,(H2,14,15,16,17,18,19)/t6-,7-/m1/s1. The Hall–Kier alpha value is -1.66. The molecule has 2 atom stereocenters. The van der Waals surface area contributed by atoms with Crippen LogP contribution in [-0.2, 0) is 4.79 Å². The van der Waals surface area contributed by atoms with Gasteiger partial charge in [-0.1, -0.05) is 40.4 Å². The molecule has 1 aliphatic rings. The highest BCUT2D eigenvalue weighted by molar-refractivity contribution is 6.42. The molecule has 1 heterocycles. The number of halogens is 2. The van der Waals surface area contributed by atoms with E-state index in [4.69, 9.17) is 23.2 Å². The number of H-pyrrole nitrogens is 1. The molecule has 0 bridgehead atoms. The molecule has 19 heavy (non-hydrogen) atoms. The zero-order chi connectivity index (χ0) is 13.4. The van der Waals surface area contributed by atoms with Crippen LogP contribution in [0.2, 0.25) is 10.0 Å². The summed E-state index contributed by atoms with van der Waals surface area (Å²) in [5.41, 5.74) is 0.905. The number of tetrazole rings is 1. The quantitative estimate of drug-likeness (QED) is 0.910. The Bertz CT molecular complexity index is 616. The monoisotopic (exact) mass is 297 g/mol. The molecule has 1 amide bonds. The van der Waals surface area contributed by atoms with E-state index in [9.17, 15) is 4.79 Å². The van der Waals surface area contributed by atoms with Crippen molar-refractivity contribution in [3.63, 3.8) is 0 Å². The summed E-state index contributed by atoms with van der Waals surface area (Å²) in [5, 5.41) is 16.6. The van der Waals surface area contributed by atoms with Gasteiger partial charge < -0.3 is 0 Å². The lowest BCUT2D eigenvalue weighted by molar-refractivity contribution is -0.117. The molecule has 1 aliphatic carbocycles. The summed E-state index contributed by atoms with van der Waals surface area (Å²) in [6.07, 6.45) is 0.740. The van der Waals surface area contributed by atoms with E-state index in [1.54, 1.807) is 6.07 Å². The number of nitrogens with zero attached hydrogens (tertiary/aromatic N) is 3. The molecule has 2 N–H and O–H groups in total. The smallest absolute Gasteiger partial charge is 0.269 e. The van der Waals surface area contributed by atoms with Crippen molar-refractivity contribution < 1.29 is 4.79 Å². The number of carbonyl (C=O) groups is 1. The van der Waals surface area contributed by atoms with E-state index in [2.05, 4.69) is 25.9 Å². The second kappa shape index (κ2) is 4.79. The van der Waals surface area contributed by atoms with Gasteiger partial charge in [0.2, 0.25) is 5.91 Å². The number of anilines is 1. The number of rotatable bonds is 3. The predicted molar refractivity (Wildman–Crippen MR) is 70.1 cm³/mol. The van der Waals surface area contributed by atoms with Gasteiger partial charge >= 0.3 is 0 Å². The van der Waals surface area contributed by atoms with Crippen LogP contribution in [0.15, 0.2) is 18.2 Å². The van der Waals surface area contributed by atoms with Crippen LogP contribution < -0.4 is 5.32 Å². The zero-order valence-electron chi connectivity index (χ0n) is 9.60. The summed E-state index contributed by atoms with van der Waals surface area (Å²) in [5.74, 6) is 0.00264. The molecule has 0 saturated heterocycles. The van der Waals surface area contributed by atoms with Crippen LogP contribution in [0.5, 0.6) is 0 Å². The molecule has 3 rings (SSSR count). The first kappa shape index (κ1) is 12.4. The van der Waals surface area contributed by atoms with Crippen molar-refractivity contribution in [2.45, 2.75) is 12.3 Å². The van der Waals surface area contributed by atoms with Crippen LogP contribution in [0, 0.1) is 5.92 Å². The highest BCUT2D eigenvalue weighted by Crippen LogP contribution is 2.50. The Kier molecular flexibility index (Phi) is 3.12. The molecular formula is C11H9Cl2N5O. The van der Waals surface area contributed by atoms with Gasteiger partial charge in [0, 0.05) is 5.92 Å². The summed E-state index contributed by atoms with van der Waals surface area (Å²) in [7, 11) is 0.